The van der Waals surface area contributed by atoms with Gasteiger partial charge in [-0.05, 0) is 32.9 Å². The monoisotopic (exact) mass is 270 g/mol. The molecule has 0 saturated heterocycles. The van der Waals surface area contributed by atoms with Crippen molar-refractivity contribution in [1.82, 2.24) is 4.72 Å². The van der Waals surface area contributed by atoms with Gasteiger partial charge < -0.3 is 4.74 Å². The fourth-order valence-corrected chi connectivity index (χ4v) is 1.72. The smallest absolute Gasteiger partial charge is 0.291 e. The van der Waals surface area contributed by atoms with Gasteiger partial charge in [0.25, 0.3) is 15.9 Å². The summed E-state index contributed by atoms with van der Waals surface area (Å²) in [6.45, 7) is 5.07. The zero-order chi connectivity index (χ0) is 13.8. The second-order valence-electron chi connectivity index (χ2n) is 3.93. The highest BCUT2D eigenvalue weighted by atomic mass is 32.2. The number of rotatable bonds is 5. The van der Waals surface area contributed by atoms with E-state index in [4.69, 9.17) is 4.74 Å². The summed E-state index contributed by atoms with van der Waals surface area (Å²) in [5, 5.41) is 0. The quantitative estimate of drug-likeness (QED) is 0.814. The molecule has 5 nitrogen and oxygen atoms in total. The van der Waals surface area contributed by atoms with Gasteiger partial charge in [0.2, 0.25) is 0 Å². The van der Waals surface area contributed by atoms with E-state index in [1.165, 1.54) is 13.0 Å². The van der Waals surface area contributed by atoms with E-state index in [2.05, 4.69) is 4.72 Å². The van der Waals surface area contributed by atoms with Crippen LogP contribution in [0.3, 0.4) is 0 Å². The molecule has 0 unspecified atom stereocenters. The van der Waals surface area contributed by atoms with Crippen molar-refractivity contribution in [3.05, 3.63) is 29.8 Å². The second-order valence-corrected chi connectivity index (χ2v) is 5.85. The average Bonchev–Trinajstić information content (AvgIpc) is 2.28. The molecule has 1 aromatic rings. The zero-order valence-corrected chi connectivity index (χ0v) is 11.4. The largest absolute Gasteiger partial charge is 0.490 e. The first-order valence-corrected chi connectivity index (χ1v) is 7.22. The van der Waals surface area contributed by atoms with E-state index < -0.39 is 15.9 Å². The van der Waals surface area contributed by atoms with Crippen LogP contribution >= 0.6 is 0 Å². The summed E-state index contributed by atoms with van der Waals surface area (Å²) in [6, 6.07) is 6.45. The molecular formula is C12H16NO4S. The van der Waals surface area contributed by atoms with E-state index in [1.807, 2.05) is 13.8 Å². The summed E-state index contributed by atoms with van der Waals surface area (Å²) in [6.07, 6.45) is -0.110. The minimum absolute atomic E-state index is 0.110. The van der Waals surface area contributed by atoms with Gasteiger partial charge in [-0.1, -0.05) is 12.1 Å². The van der Waals surface area contributed by atoms with Crippen molar-refractivity contribution >= 4 is 15.9 Å². The van der Waals surface area contributed by atoms with Crippen molar-refractivity contribution in [3.8, 4) is 5.75 Å². The first-order chi connectivity index (χ1) is 8.35. The molecular weight excluding hydrogens is 254 g/mol. The van der Waals surface area contributed by atoms with Gasteiger partial charge >= 0.3 is 0 Å². The molecule has 0 aliphatic rings. The first-order valence-electron chi connectivity index (χ1n) is 5.61. The number of carbonyl (C=O) groups is 1. The van der Waals surface area contributed by atoms with E-state index in [1.54, 1.807) is 18.2 Å². The molecule has 1 rings (SSSR count). The molecule has 18 heavy (non-hydrogen) atoms. The number of nitrogens with zero attached hydrogens (tertiary/aromatic N) is 1. The Balaban J connectivity index is 2.99. The molecule has 99 valence electrons. The van der Waals surface area contributed by atoms with Crippen LogP contribution < -0.4 is 9.46 Å². The van der Waals surface area contributed by atoms with E-state index in [-0.39, 0.29) is 17.4 Å². The average molecular weight is 270 g/mol. The van der Waals surface area contributed by atoms with Crippen molar-refractivity contribution in [1.29, 1.82) is 0 Å². The summed E-state index contributed by atoms with van der Waals surface area (Å²) in [7, 11) is -3.69. The summed E-state index contributed by atoms with van der Waals surface area (Å²) in [5.74, 6) is -0.660. The molecule has 0 fully saturated rings. The molecule has 6 heteroatoms. The lowest BCUT2D eigenvalue weighted by atomic mass is 10.2. The van der Waals surface area contributed by atoms with Crippen LogP contribution in [0.15, 0.2) is 24.3 Å². The maximum atomic E-state index is 11.8. The molecule has 0 aromatic heterocycles. The molecule has 0 aliphatic heterocycles. The normalized spacial score (nSPS) is 11.3. The molecule has 0 bridgehead atoms. The van der Waals surface area contributed by atoms with Crippen LogP contribution in [-0.4, -0.2) is 26.2 Å². The second kappa shape index (κ2) is 5.86. The number of para-hydroxylation sites is 1. The van der Waals surface area contributed by atoms with Crippen molar-refractivity contribution in [3.63, 3.8) is 0 Å². The lowest BCUT2D eigenvalue weighted by Crippen LogP contribution is -2.25. The molecule has 0 saturated carbocycles. The molecule has 0 heterocycles. The van der Waals surface area contributed by atoms with Gasteiger partial charge in [0, 0.05) is 0 Å². The van der Waals surface area contributed by atoms with Crippen LogP contribution in [0.2, 0.25) is 0 Å². The number of hydrogen-bond donors (Lipinski definition) is 0. The third kappa shape index (κ3) is 4.03. The van der Waals surface area contributed by atoms with Crippen molar-refractivity contribution in [2.24, 2.45) is 0 Å². The maximum absolute atomic E-state index is 11.8. The van der Waals surface area contributed by atoms with Crippen LogP contribution in [0.5, 0.6) is 5.75 Å². The number of amides is 1. The number of carbonyl (C=O) groups excluding carboxylic acids is 1. The van der Waals surface area contributed by atoms with Crippen molar-refractivity contribution in [2.75, 3.05) is 5.75 Å². The van der Waals surface area contributed by atoms with Gasteiger partial charge in [0.05, 0.1) is 17.4 Å². The van der Waals surface area contributed by atoms with Gasteiger partial charge in [-0.2, -0.15) is 0 Å². The predicted molar refractivity (Wildman–Crippen MR) is 68.1 cm³/mol. The predicted octanol–water partition coefficient (Wildman–Crippen LogP) is 1.57. The van der Waals surface area contributed by atoms with Crippen LogP contribution in [0.25, 0.3) is 0 Å². The Labute approximate surface area is 107 Å². The minimum Gasteiger partial charge on any atom is -0.490 e. The van der Waals surface area contributed by atoms with Crippen molar-refractivity contribution < 1.29 is 17.9 Å². The Morgan fingerprint density at radius 1 is 1.33 bits per heavy atom. The Morgan fingerprint density at radius 2 is 1.94 bits per heavy atom. The Hall–Kier alpha value is -1.56. The van der Waals surface area contributed by atoms with E-state index in [9.17, 15) is 13.2 Å². The summed E-state index contributed by atoms with van der Waals surface area (Å²) in [5.41, 5.74) is 0.156. The molecule has 1 radical (unpaired) electrons. The molecule has 0 atom stereocenters. The highest BCUT2D eigenvalue weighted by Crippen LogP contribution is 2.19. The van der Waals surface area contributed by atoms with Gasteiger partial charge in [-0.15, -0.1) is 4.72 Å². The van der Waals surface area contributed by atoms with Gasteiger partial charge in [-0.3, -0.25) is 4.79 Å². The summed E-state index contributed by atoms with van der Waals surface area (Å²) >= 11 is 0. The summed E-state index contributed by atoms with van der Waals surface area (Å²) in [4.78, 5) is 11.8. The minimum atomic E-state index is -3.69. The van der Waals surface area contributed by atoms with Crippen LogP contribution in [-0.2, 0) is 10.0 Å². The van der Waals surface area contributed by atoms with Crippen LogP contribution in [0.4, 0.5) is 0 Å². The third-order valence-corrected chi connectivity index (χ3v) is 3.24. The molecule has 0 N–H and O–H groups in total. The number of ether oxygens (including phenoxy) is 1. The fourth-order valence-electron chi connectivity index (χ4n) is 1.24. The van der Waals surface area contributed by atoms with E-state index >= 15 is 0 Å². The molecule has 1 amide bonds. The van der Waals surface area contributed by atoms with Crippen LogP contribution in [0.1, 0.15) is 31.1 Å². The van der Waals surface area contributed by atoms with Gasteiger partial charge in [0.1, 0.15) is 5.75 Å². The Kier molecular flexibility index (Phi) is 4.72. The summed E-state index contributed by atoms with van der Waals surface area (Å²) < 4.78 is 31.2. The molecule has 0 aliphatic carbocycles. The van der Waals surface area contributed by atoms with E-state index in [0.717, 1.165) is 0 Å². The third-order valence-electron chi connectivity index (χ3n) is 2.07. The zero-order valence-electron chi connectivity index (χ0n) is 10.6. The van der Waals surface area contributed by atoms with Gasteiger partial charge in [-0.25, -0.2) is 8.42 Å². The highest BCUT2D eigenvalue weighted by Gasteiger charge is 2.20. The maximum Gasteiger partial charge on any atom is 0.291 e. The Morgan fingerprint density at radius 3 is 2.50 bits per heavy atom. The fraction of sp³-hybridized carbons (Fsp3) is 0.417. The number of hydrogen-bond acceptors (Lipinski definition) is 4. The topological polar surface area (TPSA) is 74.5 Å². The van der Waals surface area contributed by atoms with E-state index in [0.29, 0.717) is 5.75 Å². The highest BCUT2D eigenvalue weighted by molar-refractivity contribution is 7.89. The SMILES string of the molecule is CCS(=O)(=O)[N]C(=O)c1ccccc1OC(C)C. The molecule has 0 spiro atoms. The number of sulfonamides is 1. The standard InChI is InChI=1S/C12H16NO4S/c1-4-18(15,16)13-12(14)10-7-5-6-8-11(10)17-9(2)3/h5-9H,4H2,1-3H3. The molecule has 1 aromatic carbocycles. The Bertz CT molecular complexity index is 523. The van der Waals surface area contributed by atoms with Gasteiger partial charge in [0.15, 0.2) is 0 Å². The lowest BCUT2D eigenvalue weighted by molar-refractivity contribution is 0.0972. The first kappa shape index (κ1) is 14.5. The lowest BCUT2D eigenvalue weighted by Gasteiger charge is -2.12. The van der Waals surface area contributed by atoms with Crippen molar-refractivity contribution in [2.45, 2.75) is 26.9 Å². The number of benzene rings is 1. The van der Waals surface area contributed by atoms with Crippen LogP contribution in [0, 0.1) is 0 Å².